The summed E-state index contributed by atoms with van der Waals surface area (Å²) in [4.78, 5) is 13.1. The van der Waals surface area contributed by atoms with E-state index in [-0.39, 0.29) is 23.4 Å². The number of carbonyl (C=O) groups excluding carboxylic acids is 1. The van der Waals surface area contributed by atoms with Gasteiger partial charge in [0.25, 0.3) is 0 Å². The zero-order valence-corrected chi connectivity index (χ0v) is 18.7. The van der Waals surface area contributed by atoms with Crippen LogP contribution in [0.4, 0.5) is 4.39 Å². The van der Waals surface area contributed by atoms with Crippen LogP contribution in [0.2, 0.25) is 0 Å². The summed E-state index contributed by atoms with van der Waals surface area (Å²) in [7, 11) is 0. The number of Topliss-reactive ketones (excluding diaryl/α,β-unsaturated/α-hetero) is 1. The summed E-state index contributed by atoms with van der Waals surface area (Å²) in [5.74, 6) is 1.33. The largest absolute Gasteiger partial charge is 0.467 e. The molecule has 1 aliphatic carbocycles. The number of aromatic nitrogens is 4. The van der Waals surface area contributed by atoms with Gasteiger partial charge >= 0.3 is 0 Å². The van der Waals surface area contributed by atoms with Gasteiger partial charge in [-0.2, -0.15) is 0 Å². The molecule has 0 radical (unpaired) electrons. The van der Waals surface area contributed by atoms with Gasteiger partial charge in [-0.25, -0.2) is 4.39 Å². The fraction of sp³-hybridized carbons (Fsp3) is 0.292. The van der Waals surface area contributed by atoms with E-state index in [0.717, 1.165) is 30.0 Å². The predicted molar refractivity (Wildman–Crippen MR) is 120 cm³/mol. The minimum Gasteiger partial charge on any atom is -0.467 e. The Bertz CT molecular complexity index is 1270. The lowest BCUT2D eigenvalue weighted by Crippen LogP contribution is -2.08. The molecule has 1 aromatic carbocycles. The molecule has 164 valence electrons. The van der Waals surface area contributed by atoms with Gasteiger partial charge < -0.3 is 8.98 Å². The van der Waals surface area contributed by atoms with Crippen LogP contribution < -0.4 is 0 Å². The van der Waals surface area contributed by atoms with E-state index < -0.39 is 0 Å². The van der Waals surface area contributed by atoms with Gasteiger partial charge in [-0.05, 0) is 57.0 Å². The third-order valence-electron chi connectivity index (χ3n) is 5.79. The molecule has 1 saturated carbocycles. The molecule has 3 aromatic heterocycles. The summed E-state index contributed by atoms with van der Waals surface area (Å²) >= 11 is 1.36. The third-order valence-corrected chi connectivity index (χ3v) is 6.73. The van der Waals surface area contributed by atoms with E-state index in [1.165, 1.54) is 17.8 Å². The lowest BCUT2D eigenvalue weighted by molar-refractivity contribution is 0.102. The fourth-order valence-electron chi connectivity index (χ4n) is 3.96. The van der Waals surface area contributed by atoms with Crippen LogP contribution in [0.5, 0.6) is 0 Å². The smallest absolute Gasteiger partial charge is 0.192 e. The minimum atomic E-state index is -0.321. The molecule has 0 atom stereocenters. The molecule has 0 amide bonds. The van der Waals surface area contributed by atoms with Crippen molar-refractivity contribution in [3.8, 4) is 11.4 Å². The Morgan fingerprint density at radius 3 is 2.72 bits per heavy atom. The van der Waals surface area contributed by atoms with Crippen LogP contribution in [0.1, 0.15) is 46.4 Å². The van der Waals surface area contributed by atoms with Crippen molar-refractivity contribution in [1.29, 1.82) is 0 Å². The minimum absolute atomic E-state index is 0.0339. The lowest BCUT2D eigenvalue weighted by Gasteiger charge is -2.09. The zero-order valence-electron chi connectivity index (χ0n) is 17.9. The number of halogens is 1. The number of rotatable bonds is 8. The summed E-state index contributed by atoms with van der Waals surface area (Å²) in [5, 5.41) is 9.21. The van der Waals surface area contributed by atoms with Gasteiger partial charge in [0.05, 0.1) is 24.1 Å². The van der Waals surface area contributed by atoms with Gasteiger partial charge in [0.2, 0.25) is 0 Å². The fourth-order valence-corrected chi connectivity index (χ4v) is 4.85. The quantitative estimate of drug-likeness (QED) is 0.264. The molecule has 0 N–H and O–H groups in total. The van der Waals surface area contributed by atoms with Crippen molar-refractivity contribution in [3.63, 3.8) is 0 Å². The van der Waals surface area contributed by atoms with Gasteiger partial charge in [-0.15, -0.1) is 10.2 Å². The molecular formula is C24H23FN4O2S. The van der Waals surface area contributed by atoms with Crippen molar-refractivity contribution in [2.45, 2.75) is 44.4 Å². The van der Waals surface area contributed by atoms with Gasteiger partial charge in [0, 0.05) is 23.0 Å². The average Bonchev–Trinajstić information content (AvgIpc) is 3.20. The van der Waals surface area contributed by atoms with Crippen LogP contribution in [0, 0.1) is 19.7 Å². The number of ketones is 1. The third kappa shape index (κ3) is 3.90. The monoisotopic (exact) mass is 450 g/mol. The van der Waals surface area contributed by atoms with Crippen LogP contribution in [0.25, 0.3) is 11.4 Å². The molecule has 6 nitrogen and oxygen atoms in total. The molecule has 1 aliphatic rings. The van der Waals surface area contributed by atoms with E-state index in [1.807, 2.05) is 36.6 Å². The van der Waals surface area contributed by atoms with E-state index >= 15 is 0 Å². The first-order chi connectivity index (χ1) is 15.5. The summed E-state index contributed by atoms with van der Waals surface area (Å²) in [6.07, 6.45) is 3.67. The maximum absolute atomic E-state index is 14.4. The van der Waals surface area contributed by atoms with E-state index in [0.29, 0.717) is 28.7 Å². The first-order valence-electron chi connectivity index (χ1n) is 10.6. The molecule has 0 spiro atoms. The summed E-state index contributed by atoms with van der Waals surface area (Å²) in [6.45, 7) is 4.54. The average molecular weight is 451 g/mol. The summed E-state index contributed by atoms with van der Waals surface area (Å²) < 4.78 is 23.9. The molecule has 8 heteroatoms. The number of benzene rings is 1. The van der Waals surface area contributed by atoms with Crippen LogP contribution in [-0.2, 0) is 6.54 Å². The van der Waals surface area contributed by atoms with Crippen LogP contribution in [-0.4, -0.2) is 30.9 Å². The molecule has 4 aromatic rings. The van der Waals surface area contributed by atoms with E-state index in [9.17, 15) is 9.18 Å². The highest BCUT2D eigenvalue weighted by Crippen LogP contribution is 2.41. The second-order valence-corrected chi connectivity index (χ2v) is 8.99. The molecule has 5 rings (SSSR count). The number of thioether (sulfide) groups is 1. The molecule has 3 heterocycles. The number of nitrogens with zero attached hydrogens (tertiary/aromatic N) is 4. The van der Waals surface area contributed by atoms with Crippen molar-refractivity contribution >= 4 is 17.5 Å². The number of hydrogen-bond acceptors (Lipinski definition) is 5. The topological polar surface area (TPSA) is 65.8 Å². The van der Waals surface area contributed by atoms with E-state index in [4.69, 9.17) is 4.42 Å². The number of carbonyl (C=O) groups is 1. The van der Waals surface area contributed by atoms with Crippen molar-refractivity contribution in [2.24, 2.45) is 0 Å². The number of hydrogen-bond donors (Lipinski definition) is 0. The lowest BCUT2D eigenvalue weighted by atomic mass is 10.2. The molecular weight excluding hydrogens is 427 g/mol. The van der Waals surface area contributed by atoms with Crippen molar-refractivity contribution in [1.82, 2.24) is 19.3 Å². The van der Waals surface area contributed by atoms with Gasteiger partial charge in [0.15, 0.2) is 16.8 Å². The molecule has 0 aliphatic heterocycles. The Kier molecular flexibility index (Phi) is 5.46. The first-order valence-corrected chi connectivity index (χ1v) is 11.6. The van der Waals surface area contributed by atoms with Crippen molar-refractivity contribution in [2.75, 3.05) is 5.75 Å². The molecule has 0 unspecified atom stereocenters. The van der Waals surface area contributed by atoms with Crippen molar-refractivity contribution in [3.05, 3.63) is 77.3 Å². The second-order valence-electron chi connectivity index (χ2n) is 8.05. The van der Waals surface area contributed by atoms with Crippen molar-refractivity contribution < 1.29 is 13.6 Å². The highest BCUT2D eigenvalue weighted by molar-refractivity contribution is 7.99. The maximum Gasteiger partial charge on any atom is 0.192 e. The van der Waals surface area contributed by atoms with Crippen LogP contribution in [0.15, 0.2) is 58.3 Å². The van der Waals surface area contributed by atoms with E-state index in [2.05, 4.69) is 14.8 Å². The van der Waals surface area contributed by atoms with E-state index in [1.54, 1.807) is 24.5 Å². The Morgan fingerprint density at radius 1 is 1.19 bits per heavy atom. The number of aryl methyl sites for hydroxylation is 1. The molecule has 0 bridgehead atoms. The normalized spacial score (nSPS) is 13.6. The highest BCUT2D eigenvalue weighted by Gasteiger charge is 2.31. The number of furan rings is 1. The summed E-state index contributed by atoms with van der Waals surface area (Å²) in [6, 6.07) is 12.6. The standard InChI is InChI=1S/C24H23FN4O2S/c1-15-12-20(16(2)28(15)13-18-6-5-11-31-18)22(30)14-32-24-27-26-23(29(24)17-9-10-17)19-7-3-4-8-21(19)25/h3-8,11-12,17H,9-10,13-14H2,1-2H3. The Balaban J connectivity index is 1.36. The highest BCUT2D eigenvalue weighted by atomic mass is 32.2. The van der Waals surface area contributed by atoms with Crippen LogP contribution >= 0.6 is 11.8 Å². The van der Waals surface area contributed by atoms with Crippen LogP contribution in [0.3, 0.4) is 0 Å². The molecule has 32 heavy (non-hydrogen) atoms. The predicted octanol–water partition coefficient (Wildman–Crippen LogP) is 5.45. The summed E-state index contributed by atoms with van der Waals surface area (Å²) in [5.41, 5.74) is 3.07. The first kappa shape index (κ1) is 20.8. The maximum atomic E-state index is 14.4. The Hall–Kier alpha value is -3.13. The van der Waals surface area contributed by atoms with Gasteiger partial charge in [-0.1, -0.05) is 23.9 Å². The Labute approximate surface area is 189 Å². The molecule has 1 fully saturated rings. The zero-order chi connectivity index (χ0) is 22.2. The van der Waals surface area contributed by atoms with Gasteiger partial charge in [-0.3, -0.25) is 9.36 Å². The van der Waals surface area contributed by atoms with Gasteiger partial charge in [0.1, 0.15) is 11.6 Å². The molecule has 0 saturated heterocycles. The Morgan fingerprint density at radius 2 is 2.00 bits per heavy atom. The SMILES string of the molecule is Cc1cc(C(=O)CSc2nnc(-c3ccccc3F)n2C2CC2)c(C)n1Cc1ccco1. The second kappa shape index (κ2) is 8.43.